The van der Waals surface area contributed by atoms with Crippen LogP contribution in [0.5, 0.6) is 0 Å². The highest BCUT2D eigenvalue weighted by Crippen LogP contribution is 2.29. The van der Waals surface area contributed by atoms with Gasteiger partial charge in [-0.1, -0.05) is 20.8 Å². The van der Waals surface area contributed by atoms with Gasteiger partial charge in [0.1, 0.15) is 11.6 Å². The van der Waals surface area contributed by atoms with E-state index in [9.17, 15) is 13.6 Å². The molecule has 2 rings (SSSR count). The Bertz CT molecular complexity index is 535. The molecule has 1 heterocycles. The number of likely N-dealkylation sites (tertiary alicyclic amines) is 1. The number of carbonyl (C=O) groups is 1. The van der Waals surface area contributed by atoms with Gasteiger partial charge in [0, 0.05) is 30.3 Å². The summed E-state index contributed by atoms with van der Waals surface area (Å²) in [5, 5.41) is 0. The molecule has 1 aliphatic heterocycles. The highest BCUT2D eigenvalue weighted by atomic mass is 19.1. The molecule has 0 aromatic heterocycles. The van der Waals surface area contributed by atoms with Gasteiger partial charge in [0.2, 0.25) is 0 Å². The molecule has 0 spiro atoms. The fraction of sp³-hybridized carbons (Fsp3) is 0.562. The molecular formula is C16H22F2N2O. The molecule has 1 aromatic rings. The zero-order valence-electron chi connectivity index (χ0n) is 13.2. The first-order valence-electron chi connectivity index (χ1n) is 7.06. The van der Waals surface area contributed by atoms with E-state index in [4.69, 9.17) is 0 Å². The zero-order chi connectivity index (χ0) is 15.9. The van der Waals surface area contributed by atoms with Crippen molar-refractivity contribution in [3.05, 3.63) is 34.9 Å². The molecule has 1 amide bonds. The molecule has 1 fully saturated rings. The molecular weight excluding hydrogens is 274 g/mol. The number of rotatable bonds is 2. The molecule has 0 saturated carbocycles. The molecule has 5 heteroatoms. The van der Waals surface area contributed by atoms with Crippen LogP contribution in [0.2, 0.25) is 0 Å². The topological polar surface area (TPSA) is 23.6 Å². The zero-order valence-corrected chi connectivity index (χ0v) is 13.2. The van der Waals surface area contributed by atoms with Gasteiger partial charge in [-0.25, -0.2) is 8.78 Å². The molecule has 21 heavy (non-hydrogen) atoms. The molecule has 1 aromatic carbocycles. The second-order valence-corrected chi connectivity index (χ2v) is 6.89. The van der Waals surface area contributed by atoms with Crippen molar-refractivity contribution in [2.75, 3.05) is 27.2 Å². The van der Waals surface area contributed by atoms with Crippen LogP contribution in [0.3, 0.4) is 0 Å². The van der Waals surface area contributed by atoms with E-state index in [0.717, 1.165) is 12.1 Å². The van der Waals surface area contributed by atoms with Gasteiger partial charge >= 0.3 is 0 Å². The molecule has 0 N–H and O–H groups in total. The third kappa shape index (κ3) is 3.07. The van der Waals surface area contributed by atoms with E-state index < -0.39 is 17.0 Å². The normalized spacial score (nSPS) is 16.3. The SMILES string of the molecule is CN(C)C1CN(C(=O)c2cc(F)c(C(C)(C)C)c(F)c2)C1. The van der Waals surface area contributed by atoms with Crippen molar-refractivity contribution < 1.29 is 13.6 Å². The van der Waals surface area contributed by atoms with Crippen LogP contribution in [0.25, 0.3) is 0 Å². The van der Waals surface area contributed by atoms with Crippen LogP contribution >= 0.6 is 0 Å². The molecule has 0 atom stereocenters. The summed E-state index contributed by atoms with van der Waals surface area (Å²) >= 11 is 0. The van der Waals surface area contributed by atoms with Crippen LogP contribution < -0.4 is 0 Å². The number of carbonyl (C=O) groups excluding carboxylic acids is 1. The predicted octanol–water partition coefficient (Wildman–Crippen LogP) is 2.65. The average molecular weight is 296 g/mol. The number of hydrogen-bond donors (Lipinski definition) is 0. The van der Waals surface area contributed by atoms with E-state index in [0.29, 0.717) is 19.1 Å². The second-order valence-electron chi connectivity index (χ2n) is 6.89. The van der Waals surface area contributed by atoms with Crippen molar-refractivity contribution in [2.24, 2.45) is 0 Å². The van der Waals surface area contributed by atoms with Gasteiger partial charge in [-0.05, 0) is 31.6 Å². The summed E-state index contributed by atoms with van der Waals surface area (Å²) in [7, 11) is 3.90. The Balaban J connectivity index is 2.21. The van der Waals surface area contributed by atoms with Gasteiger partial charge in [0.25, 0.3) is 5.91 Å². The Kier molecular flexibility index (Phi) is 4.06. The lowest BCUT2D eigenvalue weighted by atomic mass is 9.85. The third-order valence-corrected chi connectivity index (χ3v) is 3.92. The van der Waals surface area contributed by atoms with E-state index in [1.54, 1.807) is 25.7 Å². The summed E-state index contributed by atoms with van der Waals surface area (Å²) in [6.45, 7) is 6.42. The van der Waals surface area contributed by atoms with Gasteiger partial charge in [0.15, 0.2) is 0 Å². The summed E-state index contributed by atoms with van der Waals surface area (Å²) in [4.78, 5) is 15.9. The number of hydrogen-bond acceptors (Lipinski definition) is 2. The van der Waals surface area contributed by atoms with E-state index in [2.05, 4.69) is 0 Å². The van der Waals surface area contributed by atoms with Crippen LogP contribution in [0.15, 0.2) is 12.1 Å². The molecule has 0 bridgehead atoms. The average Bonchev–Trinajstić information content (AvgIpc) is 2.22. The minimum Gasteiger partial charge on any atom is -0.335 e. The summed E-state index contributed by atoms with van der Waals surface area (Å²) in [5.74, 6) is -1.63. The molecule has 116 valence electrons. The fourth-order valence-corrected chi connectivity index (χ4v) is 2.54. The number of nitrogens with zero attached hydrogens (tertiary/aromatic N) is 2. The Morgan fingerprint density at radius 2 is 1.67 bits per heavy atom. The maximum Gasteiger partial charge on any atom is 0.254 e. The van der Waals surface area contributed by atoms with Crippen molar-refractivity contribution in [3.63, 3.8) is 0 Å². The largest absolute Gasteiger partial charge is 0.335 e. The van der Waals surface area contributed by atoms with Crippen molar-refractivity contribution in [1.82, 2.24) is 9.80 Å². The van der Waals surface area contributed by atoms with Crippen molar-refractivity contribution in [2.45, 2.75) is 32.2 Å². The molecule has 3 nitrogen and oxygen atoms in total. The van der Waals surface area contributed by atoms with Crippen molar-refractivity contribution in [1.29, 1.82) is 0 Å². The number of benzene rings is 1. The first-order valence-corrected chi connectivity index (χ1v) is 7.06. The fourth-order valence-electron chi connectivity index (χ4n) is 2.54. The quantitative estimate of drug-likeness (QED) is 0.837. The van der Waals surface area contributed by atoms with Crippen LogP contribution in [-0.2, 0) is 5.41 Å². The van der Waals surface area contributed by atoms with Crippen LogP contribution in [0.4, 0.5) is 8.78 Å². The lowest BCUT2D eigenvalue weighted by molar-refractivity contribution is 0.0398. The highest BCUT2D eigenvalue weighted by molar-refractivity contribution is 5.95. The standard InChI is InChI=1S/C16H22F2N2O/c1-16(2,3)14-12(17)6-10(7-13(14)18)15(21)20-8-11(9-20)19(4)5/h6-7,11H,8-9H2,1-5H3. The summed E-state index contributed by atoms with van der Waals surface area (Å²) in [6, 6.07) is 2.61. The maximum atomic E-state index is 14.1. The van der Waals surface area contributed by atoms with E-state index in [-0.39, 0.29) is 17.0 Å². The second kappa shape index (κ2) is 5.37. The van der Waals surface area contributed by atoms with E-state index in [1.165, 1.54) is 0 Å². The van der Waals surface area contributed by atoms with Gasteiger partial charge in [-0.15, -0.1) is 0 Å². The first-order chi connectivity index (χ1) is 9.61. The van der Waals surface area contributed by atoms with Crippen LogP contribution in [-0.4, -0.2) is 48.9 Å². The Hall–Kier alpha value is -1.49. The molecule has 1 saturated heterocycles. The van der Waals surface area contributed by atoms with E-state index >= 15 is 0 Å². The predicted molar refractivity (Wildman–Crippen MR) is 78.4 cm³/mol. The number of halogens is 2. The Morgan fingerprint density at radius 1 is 1.19 bits per heavy atom. The summed E-state index contributed by atoms with van der Waals surface area (Å²) in [6.07, 6.45) is 0. The van der Waals surface area contributed by atoms with Gasteiger partial charge in [0.05, 0.1) is 0 Å². The summed E-state index contributed by atoms with van der Waals surface area (Å²) < 4.78 is 28.3. The minimum absolute atomic E-state index is 0.0221. The number of amides is 1. The van der Waals surface area contributed by atoms with E-state index in [1.807, 2.05) is 19.0 Å². The van der Waals surface area contributed by atoms with Crippen LogP contribution in [0.1, 0.15) is 36.7 Å². The molecule has 0 aliphatic carbocycles. The van der Waals surface area contributed by atoms with Crippen molar-refractivity contribution in [3.8, 4) is 0 Å². The van der Waals surface area contributed by atoms with Crippen molar-refractivity contribution >= 4 is 5.91 Å². The lowest BCUT2D eigenvalue weighted by Crippen LogP contribution is -2.59. The Morgan fingerprint density at radius 3 is 2.05 bits per heavy atom. The van der Waals surface area contributed by atoms with Gasteiger partial charge in [-0.2, -0.15) is 0 Å². The third-order valence-electron chi connectivity index (χ3n) is 3.92. The molecule has 0 radical (unpaired) electrons. The smallest absolute Gasteiger partial charge is 0.254 e. The minimum atomic E-state index is -0.657. The molecule has 0 unspecified atom stereocenters. The molecule has 1 aliphatic rings. The highest BCUT2D eigenvalue weighted by Gasteiger charge is 2.33. The van der Waals surface area contributed by atoms with Gasteiger partial charge in [-0.3, -0.25) is 4.79 Å². The Labute approximate surface area is 124 Å². The first kappa shape index (κ1) is 15.9. The van der Waals surface area contributed by atoms with Crippen LogP contribution in [0, 0.1) is 11.6 Å². The lowest BCUT2D eigenvalue weighted by Gasteiger charge is -2.42. The van der Waals surface area contributed by atoms with Gasteiger partial charge < -0.3 is 9.80 Å². The number of likely N-dealkylation sites (N-methyl/N-ethyl adjacent to an activating group) is 1. The summed E-state index contributed by atoms with van der Waals surface area (Å²) in [5.41, 5.74) is -0.535. The monoisotopic (exact) mass is 296 g/mol. The maximum absolute atomic E-state index is 14.1.